The molecule has 1 atom stereocenters. The minimum absolute atomic E-state index is 0. The summed E-state index contributed by atoms with van der Waals surface area (Å²) >= 11 is 5.00. The van der Waals surface area contributed by atoms with Crippen LogP contribution in [0.15, 0.2) is 12.1 Å². The van der Waals surface area contributed by atoms with Gasteiger partial charge < -0.3 is 5.32 Å². The molecule has 2 aromatic rings. The molecule has 21 heavy (non-hydrogen) atoms. The number of hydrogen-bond donors (Lipinski definition) is 2. The Morgan fingerprint density at radius 2 is 2.19 bits per heavy atom. The number of aromatic nitrogens is 1. The molecule has 0 saturated carbocycles. The molecule has 1 amide bonds. The third-order valence-corrected chi connectivity index (χ3v) is 5.87. The monoisotopic (exact) mass is 361 g/mol. The van der Waals surface area contributed by atoms with Crippen molar-refractivity contribution in [3.05, 3.63) is 21.9 Å². The van der Waals surface area contributed by atoms with Gasteiger partial charge >= 0.3 is 0 Å². The zero-order valence-electron chi connectivity index (χ0n) is 11.6. The van der Waals surface area contributed by atoms with Crippen LogP contribution in [-0.4, -0.2) is 28.6 Å². The number of thiophene rings is 1. The summed E-state index contributed by atoms with van der Waals surface area (Å²) < 4.78 is 0. The molecule has 8 heteroatoms. The largest absolute Gasteiger partial charge is 0.301 e. The van der Waals surface area contributed by atoms with Crippen molar-refractivity contribution < 1.29 is 4.79 Å². The molecule has 1 aliphatic rings. The van der Waals surface area contributed by atoms with E-state index in [0.29, 0.717) is 5.13 Å². The van der Waals surface area contributed by atoms with E-state index in [1.807, 2.05) is 6.92 Å². The second-order valence-corrected chi connectivity index (χ2v) is 8.12. The van der Waals surface area contributed by atoms with Gasteiger partial charge in [-0.05, 0) is 26.0 Å². The molecule has 1 aliphatic heterocycles. The second kappa shape index (κ2) is 7.11. The van der Waals surface area contributed by atoms with E-state index in [1.165, 1.54) is 16.2 Å². The molecular formula is C13H16ClN3OS3. The average Bonchev–Trinajstić information content (AvgIpc) is 3.10. The first-order chi connectivity index (χ1) is 9.63. The maximum atomic E-state index is 12.1. The van der Waals surface area contributed by atoms with Gasteiger partial charge in [-0.1, -0.05) is 0 Å². The zero-order valence-corrected chi connectivity index (χ0v) is 14.9. The first kappa shape index (κ1) is 16.8. The van der Waals surface area contributed by atoms with Gasteiger partial charge in [0.15, 0.2) is 5.13 Å². The summed E-state index contributed by atoms with van der Waals surface area (Å²) in [6.07, 6.45) is 0. The van der Waals surface area contributed by atoms with E-state index in [-0.39, 0.29) is 24.4 Å². The molecule has 1 unspecified atom stereocenters. The number of nitrogens with zero attached hydrogens (tertiary/aromatic N) is 1. The maximum Gasteiger partial charge on any atom is 0.244 e. The minimum atomic E-state index is -0.100. The van der Waals surface area contributed by atoms with Crippen molar-refractivity contribution in [1.29, 1.82) is 0 Å². The Morgan fingerprint density at radius 1 is 1.38 bits per heavy atom. The first-order valence-electron chi connectivity index (χ1n) is 6.30. The number of anilines is 1. The van der Waals surface area contributed by atoms with Crippen LogP contribution >= 0.6 is 46.8 Å². The molecule has 2 N–H and O–H groups in total. The van der Waals surface area contributed by atoms with Crippen LogP contribution in [0.1, 0.15) is 9.75 Å². The maximum absolute atomic E-state index is 12.1. The molecule has 0 spiro atoms. The Bertz CT molecular complexity index is 634. The predicted octanol–water partition coefficient (Wildman–Crippen LogP) is 3.51. The number of hydrogen-bond acceptors (Lipinski definition) is 6. The molecule has 2 aromatic heterocycles. The van der Waals surface area contributed by atoms with Crippen molar-refractivity contribution in [2.24, 2.45) is 0 Å². The van der Waals surface area contributed by atoms with Crippen LogP contribution in [0.2, 0.25) is 0 Å². The summed E-state index contributed by atoms with van der Waals surface area (Å²) in [5.41, 5.74) is 0.983. The lowest BCUT2D eigenvalue weighted by Crippen LogP contribution is -2.37. The quantitative estimate of drug-likeness (QED) is 0.878. The third kappa shape index (κ3) is 3.78. The molecule has 4 nitrogen and oxygen atoms in total. The van der Waals surface area contributed by atoms with Gasteiger partial charge in [-0.2, -0.15) is 0 Å². The summed E-state index contributed by atoms with van der Waals surface area (Å²) in [7, 11) is 0. The topological polar surface area (TPSA) is 54.0 Å². The van der Waals surface area contributed by atoms with Gasteiger partial charge in [0.2, 0.25) is 5.91 Å². The molecule has 1 saturated heterocycles. The van der Waals surface area contributed by atoms with Gasteiger partial charge in [-0.25, -0.2) is 4.98 Å². The number of thiazole rings is 1. The Balaban J connectivity index is 0.00000161. The van der Waals surface area contributed by atoms with Crippen molar-refractivity contribution >= 4 is 57.9 Å². The van der Waals surface area contributed by atoms with Crippen LogP contribution in [0.3, 0.4) is 0 Å². The molecule has 0 aromatic carbocycles. The fraction of sp³-hybridized carbons (Fsp3) is 0.385. The van der Waals surface area contributed by atoms with Crippen molar-refractivity contribution in [1.82, 2.24) is 10.3 Å². The molecule has 0 bridgehead atoms. The molecule has 114 valence electrons. The SMILES string of the molecule is Cc1ccc(-c2nc(NC(=O)C3CSCN3)sc2C)s1.Cl. The number of carbonyl (C=O) groups is 1. The van der Waals surface area contributed by atoms with Crippen molar-refractivity contribution in [3.63, 3.8) is 0 Å². The second-order valence-electron chi connectivity index (χ2n) is 4.60. The Kier molecular flexibility index (Phi) is 5.67. The first-order valence-corrected chi connectivity index (χ1v) is 9.08. The number of aryl methyl sites for hydroxylation is 2. The number of rotatable bonds is 3. The van der Waals surface area contributed by atoms with E-state index in [0.717, 1.165) is 27.1 Å². The van der Waals surface area contributed by atoms with Crippen LogP contribution in [-0.2, 0) is 4.79 Å². The van der Waals surface area contributed by atoms with E-state index in [9.17, 15) is 4.79 Å². The van der Waals surface area contributed by atoms with Crippen molar-refractivity contribution in [3.8, 4) is 10.6 Å². The van der Waals surface area contributed by atoms with E-state index in [2.05, 4.69) is 34.7 Å². The molecule has 0 radical (unpaired) electrons. The van der Waals surface area contributed by atoms with Crippen molar-refractivity contribution in [2.75, 3.05) is 16.9 Å². The van der Waals surface area contributed by atoms with Gasteiger partial charge in [-0.3, -0.25) is 10.1 Å². The minimum Gasteiger partial charge on any atom is -0.301 e. The lowest BCUT2D eigenvalue weighted by atomic mass is 10.3. The van der Waals surface area contributed by atoms with Crippen molar-refractivity contribution in [2.45, 2.75) is 19.9 Å². The smallest absolute Gasteiger partial charge is 0.244 e. The summed E-state index contributed by atoms with van der Waals surface area (Å²) in [5.74, 6) is 1.68. The highest BCUT2D eigenvalue weighted by Gasteiger charge is 2.23. The zero-order chi connectivity index (χ0) is 14.1. The Hall–Kier alpha value is -0.600. The van der Waals surface area contributed by atoms with Gasteiger partial charge in [0.1, 0.15) is 0 Å². The normalized spacial score (nSPS) is 17.5. The van der Waals surface area contributed by atoms with Gasteiger partial charge in [0.25, 0.3) is 0 Å². The molecule has 0 aliphatic carbocycles. The van der Waals surface area contributed by atoms with Crippen LogP contribution in [0.25, 0.3) is 10.6 Å². The van der Waals surface area contributed by atoms with Gasteiger partial charge in [0.05, 0.1) is 16.6 Å². The fourth-order valence-electron chi connectivity index (χ4n) is 2.00. The van der Waals surface area contributed by atoms with Crippen LogP contribution in [0, 0.1) is 13.8 Å². The molecule has 3 heterocycles. The standard InChI is InChI=1S/C13H15N3OS3.ClH/c1-7-3-4-10(19-7)11-8(2)20-13(15-11)16-12(17)9-5-18-6-14-9;/h3-4,9,14H,5-6H2,1-2H3,(H,15,16,17);1H. The Labute approximate surface area is 142 Å². The van der Waals surface area contributed by atoms with Gasteiger partial charge in [0, 0.05) is 21.4 Å². The number of halogens is 1. The summed E-state index contributed by atoms with van der Waals surface area (Å²) in [6, 6.07) is 4.08. The Morgan fingerprint density at radius 3 is 2.81 bits per heavy atom. The molecular weight excluding hydrogens is 346 g/mol. The highest BCUT2D eigenvalue weighted by molar-refractivity contribution is 7.99. The van der Waals surface area contributed by atoms with Crippen LogP contribution in [0.4, 0.5) is 5.13 Å². The summed E-state index contributed by atoms with van der Waals surface area (Å²) in [6.45, 7) is 4.13. The fourth-order valence-corrected chi connectivity index (χ4v) is 4.75. The van der Waals surface area contributed by atoms with E-state index in [1.54, 1.807) is 23.1 Å². The highest BCUT2D eigenvalue weighted by Crippen LogP contribution is 2.34. The lowest BCUT2D eigenvalue weighted by molar-refractivity contribution is -0.117. The van der Waals surface area contributed by atoms with E-state index >= 15 is 0 Å². The highest BCUT2D eigenvalue weighted by atomic mass is 35.5. The lowest BCUT2D eigenvalue weighted by Gasteiger charge is -2.07. The summed E-state index contributed by atoms with van der Waals surface area (Å²) in [4.78, 5) is 20.2. The summed E-state index contributed by atoms with van der Waals surface area (Å²) in [5, 5.41) is 6.77. The van der Waals surface area contributed by atoms with Crippen LogP contribution in [0.5, 0.6) is 0 Å². The molecule has 3 rings (SSSR count). The van der Waals surface area contributed by atoms with E-state index < -0.39 is 0 Å². The number of carbonyl (C=O) groups excluding carboxylic acids is 1. The van der Waals surface area contributed by atoms with Crippen LogP contribution < -0.4 is 10.6 Å². The predicted molar refractivity (Wildman–Crippen MR) is 95.0 cm³/mol. The van der Waals surface area contributed by atoms with Gasteiger partial charge in [-0.15, -0.1) is 46.8 Å². The number of thioether (sulfide) groups is 1. The average molecular weight is 362 g/mol. The number of amides is 1. The number of nitrogens with one attached hydrogen (secondary N) is 2. The molecule has 1 fully saturated rings. The van der Waals surface area contributed by atoms with E-state index in [4.69, 9.17) is 0 Å². The third-order valence-electron chi connectivity index (χ3n) is 3.03.